The second-order valence-electron chi connectivity index (χ2n) is 7.76. The highest BCUT2D eigenvalue weighted by Crippen LogP contribution is 2.43. The van der Waals surface area contributed by atoms with Crippen LogP contribution in [0.25, 0.3) is 11.1 Å². The highest BCUT2D eigenvalue weighted by atomic mass is 32.1. The summed E-state index contributed by atoms with van der Waals surface area (Å²) >= 11 is 1.32. The van der Waals surface area contributed by atoms with Gasteiger partial charge in [-0.25, -0.2) is 0 Å². The lowest BCUT2D eigenvalue weighted by Gasteiger charge is -2.10. The Balaban J connectivity index is 1.76. The molecule has 0 bridgehead atoms. The molecule has 1 aromatic heterocycles. The normalized spacial score (nSPS) is 10.6. The average molecular weight is 460 g/mol. The molecule has 0 aliphatic heterocycles. The van der Waals surface area contributed by atoms with Crippen LogP contribution in [0.3, 0.4) is 0 Å². The van der Waals surface area contributed by atoms with Crippen LogP contribution in [0.15, 0.2) is 121 Å². The number of benzene rings is 4. The first kappa shape index (κ1) is 21.6. The van der Waals surface area contributed by atoms with Gasteiger partial charge in [-0.1, -0.05) is 109 Å². The van der Waals surface area contributed by atoms with Gasteiger partial charge in [0.1, 0.15) is 5.00 Å². The van der Waals surface area contributed by atoms with E-state index in [0.717, 1.165) is 11.3 Å². The third kappa shape index (κ3) is 4.32. The Kier molecular flexibility index (Phi) is 6.15. The number of anilines is 2. The second kappa shape index (κ2) is 9.69. The summed E-state index contributed by atoms with van der Waals surface area (Å²) in [7, 11) is 0. The second-order valence-corrected chi connectivity index (χ2v) is 8.78. The molecular weight excluding hydrogens is 438 g/mol. The quantitative estimate of drug-likeness (QED) is 0.255. The van der Waals surface area contributed by atoms with Gasteiger partial charge in [0.15, 0.2) is 5.78 Å². The van der Waals surface area contributed by atoms with Crippen molar-refractivity contribution in [1.29, 1.82) is 0 Å². The van der Waals surface area contributed by atoms with Gasteiger partial charge in [0, 0.05) is 22.4 Å². The van der Waals surface area contributed by atoms with E-state index in [1.165, 1.54) is 11.3 Å². The lowest BCUT2D eigenvalue weighted by Crippen LogP contribution is -2.06. The van der Waals surface area contributed by atoms with Gasteiger partial charge >= 0.3 is 0 Å². The molecule has 0 amide bonds. The van der Waals surface area contributed by atoms with Gasteiger partial charge in [-0.3, -0.25) is 9.59 Å². The van der Waals surface area contributed by atoms with E-state index >= 15 is 0 Å². The Bertz CT molecular complexity index is 1430. The monoisotopic (exact) mass is 459 g/mol. The predicted molar refractivity (Wildman–Crippen MR) is 139 cm³/mol. The summed E-state index contributed by atoms with van der Waals surface area (Å²) in [6, 6.07) is 37.7. The van der Waals surface area contributed by atoms with E-state index in [-0.39, 0.29) is 11.6 Å². The predicted octanol–water partition coefficient (Wildman–Crippen LogP) is 7.62. The molecule has 34 heavy (non-hydrogen) atoms. The van der Waals surface area contributed by atoms with E-state index in [2.05, 4.69) is 5.32 Å². The van der Waals surface area contributed by atoms with Gasteiger partial charge in [-0.2, -0.15) is 0 Å². The van der Waals surface area contributed by atoms with E-state index in [1.807, 2.05) is 97.1 Å². The zero-order valence-corrected chi connectivity index (χ0v) is 19.1. The van der Waals surface area contributed by atoms with Crippen molar-refractivity contribution in [2.45, 2.75) is 0 Å². The molecule has 4 heteroatoms. The average Bonchev–Trinajstić information content (AvgIpc) is 3.28. The van der Waals surface area contributed by atoms with Crippen LogP contribution in [0.2, 0.25) is 0 Å². The molecule has 0 unspecified atom stereocenters. The SMILES string of the molecule is O=C(c1ccccc1)c1sc(Nc2ccccc2)c(C(=O)c2ccccc2)c1-c1ccccc1. The zero-order chi connectivity index (χ0) is 23.3. The third-order valence-electron chi connectivity index (χ3n) is 5.51. The van der Waals surface area contributed by atoms with Gasteiger partial charge in [-0.05, 0) is 17.7 Å². The molecule has 0 radical (unpaired) electrons. The molecule has 0 saturated heterocycles. The molecule has 0 saturated carbocycles. The van der Waals surface area contributed by atoms with E-state index in [4.69, 9.17) is 0 Å². The van der Waals surface area contributed by atoms with Crippen molar-refractivity contribution < 1.29 is 9.59 Å². The summed E-state index contributed by atoms with van der Waals surface area (Å²) in [6.07, 6.45) is 0. The van der Waals surface area contributed by atoms with Crippen molar-refractivity contribution in [3.63, 3.8) is 0 Å². The molecule has 0 aliphatic carbocycles. The van der Waals surface area contributed by atoms with E-state index in [9.17, 15) is 9.59 Å². The van der Waals surface area contributed by atoms with Crippen LogP contribution < -0.4 is 5.32 Å². The molecule has 0 fully saturated rings. The summed E-state index contributed by atoms with van der Waals surface area (Å²) < 4.78 is 0. The molecule has 1 N–H and O–H groups in total. The third-order valence-corrected chi connectivity index (χ3v) is 6.61. The maximum absolute atomic E-state index is 13.9. The minimum absolute atomic E-state index is 0.104. The van der Waals surface area contributed by atoms with Gasteiger partial charge in [0.05, 0.1) is 10.4 Å². The number of para-hydroxylation sites is 1. The number of carbonyl (C=O) groups is 2. The first-order valence-corrected chi connectivity index (χ1v) is 11.8. The minimum atomic E-state index is -0.124. The highest BCUT2D eigenvalue weighted by Gasteiger charge is 2.29. The van der Waals surface area contributed by atoms with Gasteiger partial charge in [0.2, 0.25) is 5.78 Å². The fourth-order valence-corrected chi connectivity index (χ4v) is 5.09. The molecule has 1 heterocycles. The molecule has 5 aromatic rings. The van der Waals surface area contributed by atoms with Crippen molar-refractivity contribution in [2.75, 3.05) is 5.32 Å². The molecule has 4 aromatic carbocycles. The number of thiophene rings is 1. The molecule has 0 spiro atoms. The van der Waals surface area contributed by atoms with Crippen LogP contribution >= 0.6 is 11.3 Å². The standard InChI is InChI=1S/C30H21NO2S/c32-27(22-15-7-2-8-16-22)26-25(21-13-5-1-6-14-21)29(28(33)23-17-9-3-10-18-23)34-30(26)31-24-19-11-4-12-20-24/h1-20,31H. The van der Waals surface area contributed by atoms with Crippen LogP contribution in [0, 0.1) is 0 Å². The van der Waals surface area contributed by atoms with Gasteiger partial charge in [0.25, 0.3) is 0 Å². The number of nitrogens with one attached hydrogen (secondary N) is 1. The molecule has 0 aliphatic rings. The molecule has 3 nitrogen and oxygen atoms in total. The molecule has 164 valence electrons. The summed E-state index contributed by atoms with van der Waals surface area (Å²) in [6.45, 7) is 0. The van der Waals surface area contributed by atoms with Crippen LogP contribution in [0.4, 0.5) is 10.7 Å². The Labute approximate surface area is 202 Å². The lowest BCUT2D eigenvalue weighted by molar-refractivity contribution is 0.103. The summed E-state index contributed by atoms with van der Waals surface area (Å²) in [4.78, 5) is 28.1. The zero-order valence-electron chi connectivity index (χ0n) is 18.3. The fourth-order valence-electron chi connectivity index (χ4n) is 3.88. The van der Waals surface area contributed by atoms with Crippen molar-refractivity contribution in [3.05, 3.63) is 143 Å². The molecular formula is C30H21NO2S. The molecule has 0 atom stereocenters. The van der Waals surface area contributed by atoms with Crippen molar-refractivity contribution in [1.82, 2.24) is 0 Å². The number of carbonyl (C=O) groups excluding carboxylic acids is 2. The summed E-state index contributed by atoms with van der Waals surface area (Å²) in [5.41, 5.74) is 4.01. The Morgan fingerprint density at radius 2 is 1.03 bits per heavy atom. The lowest BCUT2D eigenvalue weighted by atomic mass is 9.93. The number of rotatable bonds is 7. The van der Waals surface area contributed by atoms with E-state index < -0.39 is 0 Å². The topological polar surface area (TPSA) is 46.2 Å². The van der Waals surface area contributed by atoms with Crippen molar-refractivity contribution >= 4 is 33.6 Å². The van der Waals surface area contributed by atoms with Crippen LogP contribution in [-0.4, -0.2) is 11.6 Å². The maximum Gasteiger partial charge on any atom is 0.203 e. The largest absolute Gasteiger partial charge is 0.347 e. The van der Waals surface area contributed by atoms with E-state index in [1.54, 1.807) is 24.3 Å². The number of ketones is 2. The Morgan fingerprint density at radius 3 is 1.59 bits per heavy atom. The summed E-state index contributed by atoms with van der Waals surface area (Å²) in [5, 5.41) is 4.06. The Morgan fingerprint density at radius 1 is 0.559 bits per heavy atom. The Hall–Kier alpha value is -4.28. The number of hydrogen-bond acceptors (Lipinski definition) is 4. The number of hydrogen-bond donors (Lipinski definition) is 1. The van der Waals surface area contributed by atoms with Crippen molar-refractivity contribution in [2.24, 2.45) is 0 Å². The molecule has 5 rings (SSSR count). The minimum Gasteiger partial charge on any atom is -0.347 e. The maximum atomic E-state index is 13.9. The smallest absolute Gasteiger partial charge is 0.203 e. The summed E-state index contributed by atoms with van der Waals surface area (Å²) in [5.74, 6) is -0.228. The first-order chi connectivity index (χ1) is 16.7. The highest BCUT2D eigenvalue weighted by molar-refractivity contribution is 7.19. The van der Waals surface area contributed by atoms with Gasteiger partial charge in [-0.15, -0.1) is 11.3 Å². The van der Waals surface area contributed by atoms with Crippen LogP contribution in [0.5, 0.6) is 0 Å². The fraction of sp³-hybridized carbons (Fsp3) is 0. The van der Waals surface area contributed by atoms with Crippen LogP contribution in [-0.2, 0) is 0 Å². The van der Waals surface area contributed by atoms with Crippen molar-refractivity contribution in [3.8, 4) is 11.1 Å². The van der Waals surface area contributed by atoms with Crippen LogP contribution in [0.1, 0.15) is 31.2 Å². The van der Waals surface area contributed by atoms with Gasteiger partial charge < -0.3 is 5.32 Å². The first-order valence-electron chi connectivity index (χ1n) is 11.0. The van der Waals surface area contributed by atoms with E-state index in [0.29, 0.717) is 32.1 Å².